The molecule has 4 heteroatoms. The van der Waals surface area contributed by atoms with Crippen molar-refractivity contribution < 1.29 is 14.3 Å². The molecule has 0 unspecified atom stereocenters. The zero-order chi connectivity index (χ0) is 12.8. The molecule has 0 spiro atoms. The van der Waals surface area contributed by atoms with E-state index in [1.54, 1.807) is 12.0 Å². The van der Waals surface area contributed by atoms with Crippen LogP contribution in [0.15, 0.2) is 35.8 Å². The minimum Gasteiger partial charge on any atom is -0.482 e. The maximum absolute atomic E-state index is 11.7. The molecule has 1 aliphatic heterocycles. The Bertz CT molecular complexity index is 369. The lowest BCUT2D eigenvalue weighted by molar-refractivity contribution is -0.136. The number of allylic oxidation sites excluding steroid dienone is 3. The summed E-state index contributed by atoms with van der Waals surface area (Å²) >= 11 is 0. The highest BCUT2D eigenvalue weighted by Gasteiger charge is 2.26. The number of carbonyl (C=O) groups excluding carboxylic acids is 1. The van der Waals surface area contributed by atoms with Crippen LogP contribution >= 0.6 is 0 Å². The van der Waals surface area contributed by atoms with Crippen LogP contribution in [0.2, 0.25) is 0 Å². The number of morpholine rings is 1. The van der Waals surface area contributed by atoms with Gasteiger partial charge in [-0.1, -0.05) is 18.2 Å². The van der Waals surface area contributed by atoms with Gasteiger partial charge in [0.2, 0.25) is 0 Å². The number of hydrogen-bond donors (Lipinski definition) is 0. The first-order valence-electron chi connectivity index (χ1n) is 5.56. The van der Waals surface area contributed by atoms with Gasteiger partial charge >= 0.3 is 0 Å². The van der Waals surface area contributed by atoms with Crippen molar-refractivity contribution in [2.24, 2.45) is 0 Å². The Morgan fingerprint density at radius 3 is 2.94 bits per heavy atom. The largest absolute Gasteiger partial charge is 0.482 e. The van der Waals surface area contributed by atoms with Gasteiger partial charge in [-0.3, -0.25) is 4.79 Å². The Hall–Kier alpha value is -1.55. The Labute approximate surface area is 102 Å². The van der Waals surface area contributed by atoms with E-state index in [1.807, 2.05) is 26.0 Å². The lowest BCUT2D eigenvalue weighted by atomic mass is 10.2. The molecule has 1 fully saturated rings. The van der Waals surface area contributed by atoms with Gasteiger partial charge in [-0.05, 0) is 19.9 Å². The van der Waals surface area contributed by atoms with Crippen LogP contribution in [0, 0.1) is 0 Å². The maximum atomic E-state index is 11.7. The summed E-state index contributed by atoms with van der Waals surface area (Å²) in [7, 11) is 1.61. The average Bonchev–Trinajstić information content (AvgIpc) is 2.32. The predicted molar refractivity (Wildman–Crippen MR) is 66.2 cm³/mol. The SMILES string of the molecule is C=C1/C(=C\C(C)=C/C)OCC(=O)N1CCOC. The van der Waals surface area contributed by atoms with Crippen molar-refractivity contribution in [2.75, 3.05) is 26.9 Å². The van der Waals surface area contributed by atoms with E-state index in [4.69, 9.17) is 9.47 Å². The molecule has 0 bridgehead atoms. The van der Waals surface area contributed by atoms with Gasteiger partial charge in [0.25, 0.3) is 5.91 Å². The first kappa shape index (κ1) is 13.5. The molecular formula is C13H19NO3. The highest BCUT2D eigenvalue weighted by Crippen LogP contribution is 2.21. The summed E-state index contributed by atoms with van der Waals surface area (Å²) in [5, 5.41) is 0. The van der Waals surface area contributed by atoms with Crippen molar-refractivity contribution >= 4 is 5.91 Å². The van der Waals surface area contributed by atoms with Crippen LogP contribution in [0.5, 0.6) is 0 Å². The lowest BCUT2D eigenvalue weighted by Crippen LogP contribution is -2.40. The van der Waals surface area contributed by atoms with Crippen molar-refractivity contribution in [3.05, 3.63) is 35.8 Å². The van der Waals surface area contributed by atoms with Gasteiger partial charge in [0.05, 0.1) is 12.3 Å². The molecule has 1 rings (SSSR count). The second kappa shape index (κ2) is 6.25. The lowest BCUT2D eigenvalue weighted by Gasteiger charge is -2.30. The Morgan fingerprint density at radius 1 is 1.65 bits per heavy atom. The van der Waals surface area contributed by atoms with Crippen molar-refractivity contribution in [3.8, 4) is 0 Å². The third kappa shape index (κ3) is 3.46. The second-order valence-electron chi connectivity index (χ2n) is 3.81. The highest BCUT2D eigenvalue weighted by molar-refractivity contribution is 5.81. The van der Waals surface area contributed by atoms with E-state index < -0.39 is 0 Å². The molecule has 94 valence electrons. The topological polar surface area (TPSA) is 38.8 Å². The Balaban J connectivity index is 2.82. The van der Waals surface area contributed by atoms with Gasteiger partial charge in [-0.25, -0.2) is 0 Å². The summed E-state index contributed by atoms with van der Waals surface area (Å²) in [4.78, 5) is 13.3. The van der Waals surface area contributed by atoms with Gasteiger partial charge < -0.3 is 14.4 Å². The maximum Gasteiger partial charge on any atom is 0.265 e. The third-order valence-electron chi connectivity index (χ3n) is 2.60. The standard InChI is InChI=1S/C13H19NO3/c1-5-10(2)8-12-11(3)14(6-7-16-4)13(15)9-17-12/h5,8H,3,6-7,9H2,1-2,4H3/b10-5-,12-8+. The van der Waals surface area contributed by atoms with Gasteiger partial charge in [-0.2, -0.15) is 0 Å². The number of ether oxygens (including phenoxy) is 2. The smallest absolute Gasteiger partial charge is 0.265 e. The van der Waals surface area contributed by atoms with Crippen LogP contribution < -0.4 is 0 Å². The quantitative estimate of drug-likeness (QED) is 0.749. The van der Waals surface area contributed by atoms with Crippen molar-refractivity contribution in [2.45, 2.75) is 13.8 Å². The molecule has 1 saturated heterocycles. The zero-order valence-electron chi connectivity index (χ0n) is 10.7. The van der Waals surface area contributed by atoms with Gasteiger partial charge in [-0.15, -0.1) is 0 Å². The highest BCUT2D eigenvalue weighted by atomic mass is 16.5. The van der Waals surface area contributed by atoms with E-state index in [9.17, 15) is 4.79 Å². The molecule has 1 aliphatic rings. The molecule has 0 radical (unpaired) electrons. The van der Waals surface area contributed by atoms with E-state index in [1.165, 1.54) is 0 Å². The van der Waals surface area contributed by atoms with Crippen LogP contribution in [0.25, 0.3) is 0 Å². The first-order chi connectivity index (χ1) is 8.10. The van der Waals surface area contributed by atoms with E-state index in [0.29, 0.717) is 24.6 Å². The first-order valence-corrected chi connectivity index (χ1v) is 5.56. The normalized spacial score (nSPS) is 19.8. The van der Waals surface area contributed by atoms with Crippen LogP contribution in [-0.4, -0.2) is 37.7 Å². The van der Waals surface area contributed by atoms with E-state index >= 15 is 0 Å². The fraction of sp³-hybridized carbons (Fsp3) is 0.462. The molecular weight excluding hydrogens is 218 g/mol. The van der Waals surface area contributed by atoms with Crippen molar-refractivity contribution in [3.63, 3.8) is 0 Å². The summed E-state index contributed by atoms with van der Waals surface area (Å²) < 4.78 is 10.3. The molecule has 1 heterocycles. The average molecular weight is 237 g/mol. The number of amides is 1. The predicted octanol–water partition coefficient (Wildman–Crippen LogP) is 1.86. The molecule has 17 heavy (non-hydrogen) atoms. The summed E-state index contributed by atoms with van der Waals surface area (Å²) in [5.74, 6) is 0.568. The summed E-state index contributed by atoms with van der Waals surface area (Å²) in [6.07, 6.45) is 3.86. The Morgan fingerprint density at radius 2 is 2.35 bits per heavy atom. The molecule has 0 aliphatic carbocycles. The van der Waals surface area contributed by atoms with Gasteiger partial charge in [0.1, 0.15) is 5.76 Å². The minimum atomic E-state index is -0.0812. The monoisotopic (exact) mass is 237 g/mol. The molecule has 0 atom stereocenters. The zero-order valence-corrected chi connectivity index (χ0v) is 10.7. The molecule has 0 aromatic carbocycles. The summed E-state index contributed by atoms with van der Waals surface area (Å²) in [5.41, 5.74) is 1.67. The van der Waals surface area contributed by atoms with Crippen LogP contribution in [0.3, 0.4) is 0 Å². The van der Waals surface area contributed by atoms with Crippen molar-refractivity contribution in [1.82, 2.24) is 4.90 Å². The van der Waals surface area contributed by atoms with Crippen LogP contribution in [0.4, 0.5) is 0 Å². The fourth-order valence-corrected chi connectivity index (χ4v) is 1.44. The number of methoxy groups -OCH3 is 1. The van der Waals surface area contributed by atoms with Crippen LogP contribution in [-0.2, 0) is 14.3 Å². The van der Waals surface area contributed by atoms with Crippen molar-refractivity contribution in [1.29, 1.82) is 0 Å². The molecule has 4 nitrogen and oxygen atoms in total. The number of rotatable bonds is 4. The number of carbonyl (C=O) groups is 1. The van der Waals surface area contributed by atoms with E-state index in [-0.39, 0.29) is 12.5 Å². The third-order valence-corrected chi connectivity index (χ3v) is 2.60. The van der Waals surface area contributed by atoms with E-state index in [0.717, 1.165) is 5.57 Å². The molecule has 1 amide bonds. The fourth-order valence-electron chi connectivity index (χ4n) is 1.44. The number of nitrogens with zero attached hydrogens (tertiary/aromatic N) is 1. The van der Waals surface area contributed by atoms with E-state index in [2.05, 4.69) is 6.58 Å². The van der Waals surface area contributed by atoms with Gasteiger partial charge in [0, 0.05) is 13.7 Å². The Kier molecular flexibility index (Phi) is 4.97. The second-order valence-corrected chi connectivity index (χ2v) is 3.81. The molecule has 0 N–H and O–H groups in total. The number of hydrogen-bond acceptors (Lipinski definition) is 3. The molecule has 0 aromatic rings. The van der Waals surface area contributed by atoms with Crippen LogP contribution in [0.1, 0.15) is 13.8 Å². The molecule has 0 saturated carbocycles. The summed E-state index contributed by atoms with van der Waals surface area (Å²) in [6, 6.07) is 0. The van der Waals surface area contributed by atoms with Gasteiger partial charge in [0.15, 0.2) is 6.61 Å². The summed E-state index contributed by atoms with van der Waals surface area (Å²) in [6.45, 7) is 8.87. The minimum absolute atomic E-state index is 0.0611. The molecule has 0 aromatic heterocycles.